The molecule has 1 heterocycles. The van der Waals surface area contributed by atoms with Crippen LogP contribution in [-0.4, -0.2) is 11.6 Å². The Hall–Kier alpha value is -1.84. The van der Waals surface area contributed by atoms with E-state index in [1.54, 1.807) is 18.2 Å². The molecule has 0 saturated carbocycles. The third kappa shape index (κ3) is 2.80. The first kappa shape index (κ1) is 14.1. The van der Waals surface area contributed by atoms with Crippen molar-refractivity contribution < 1.29 is 4.39 Å². The summed E-state index contributed by atoms with van der Waals surface area (Å²) in [4.78, 5) is 0. The van der Waals surface area contributed by atoms with Gasteiger partial charge >= 0.3 is 0 Å². The molecule has 2 aromatic carbocycles. The summed E-state index contributed by atoms with van der Waals surface area (Å²) in [5.74, 6) is -0.340. The minimum Gasteiger partial charge on any atom is -0.343 e. The summed E-state index contributed by atoms with van der Waals surface area (Å²) in [7, 11) is 1.93. The van der Waals surface area contributed by atoms with Crippen LogP contribution >= 0.6 is 11.6 Å². The lowest BCUT2D eigenvalue weighted by molar-refractivity contribution is 0.602. The zero-order valence-corrected chi connectivity index (χ0v) is 12.5. The van der Waals surface area contributed by atoms with Crippen LogP contribution in [0.5, 0.6) is 0 Å². The molecule has 0 aliphatic heterocycles. The fourth-order valence-electron chi connectivity index (χ4n) is 2.56. The highest BCUT2D eigenvalue weighted by atomic mass is 35.5. The van der Waals surface area contributed by atoms with Gasteiger partial charge in [-0.3, -0.25) is 0 Å². The molecule has 1 aromatic heterocycles. The average Bonchev–Trinajstić information content (AvgIpc) is 2.87. The van der Waals surface area contributed by atoms with Crippen LogP contribution in [0.25, 0.3) is 10.9 Å². The van der Waals surface area contributed by atoms with Crippen molar-refractivity contribution in [1.29, 1.82) is 0 Å². The molecular formula is C17H16ClFN2. The number of nitrogens with one attached hydrogen (secondary N) is 1. The quantitative estimate of drug-likeness (QED) is 0.764. The topological polar surface area (TPSA) is 17.0 Å². The van der Waals surface area contributed by atoms with Gasteiger partial charge < -0.3 is 9.88 Å². The second kappa shape index (κ2) is 5.88. The van der Waals surface area contributed by atoms with E-state index in [0.717, 1.165) is 17.4 Å². The molecule has 0 atom stereocenters. The van der Waals surface area contributed by atoms with E-state index in [0.29, 0.717) is 12.1 Å². The Balaban J connectivity index is 1.96. The molecule has 0 aliphatic rings. The fourth-order valence-corrected chi connectivity index (χ4v) is 2.75. The van der Waals surface area contributed by atoms with Crippen LogP contribution in [0.2, 0.25) is 5.02 Å². The highest BCUT2D eigenvalue weighted by Gasteiger charge is 2.08. The number of hydrogen-bond donors (Lipinski definition) is 1. The van der Waals surface area contributed by atoms with Gasteiger partial charge in [-0.2, -0.15) is 0 Å². The standard InChI is InChI=1S/C17H16ClFN2/c1-20-10-12-5-6-16-13(9-12)7-8-21(16)11-14-3-2-4-15(18)17(14)19/h2-9,20H,10-11H2,1H3. The maximum Gasteiger partial charge on any atom is 0.146 e. The molecule has 0 spiro atoms. The third-order valence-corrected chi connectivity index (χ3v) is 3.88. The Bertz CT molecular complexity index is 780. The predicted molar refractivity (Wildman–Crippen MR) is 85.2 cm³/mol. The summed E-state index contributed by atoms with van der Waals surface area (Å²) < 4.78 is 16.0. The van der Waals surface area contributed by atoms with Crippen molar-refractivity contribution in [1.82, 2.24) is 9.88 Å². The van der Waals surface area contributed by atoms with Gasteiger partial charge in [-0.05, 0) is 42.3 Å². The van der Waals surface area contributed by atoms with Crippen molar-refractivity contribution in [3.05, 3.63) is 70.6 Å². The Morgan fingerprint density at radius 3 is 2.86 bits per heavy atom. The molecular weight excluding hydrogens is 287 g/mol. The van der Waals surface area contributed by atoms with E-state index in [9.17, 15) is 4.39 Å². The number of fused-ring (bicyclic) bond motifs is 1. The SMILES string of the molecule is CNCc1ccc2c(ccn2Cc2cccc(Cl)c2F)c1. The molecule has 0 unspecified atom stereocenters. The van der Waals surface area contributed by atoms with Gasteiger partial charge in [-0.15, -0.1) is 0 Å². The van der Waals surface area contributed by atoms with Crippen LogP contribution in [0, 0.1) is 5.82 Å². The molecule has 3 aromatic rings. The van der Waals surface area contributed by atoms with E-state index in [1.807, 2.05) is 17.8 Å². The van der Waals surface area contributed by atoms with Gasteiger partial charge in [0.25, 0.3) is 0 Å². The molecule has 2 nitrogen and oxygen atoms in total. The zero-order valence-electron chi connectivity index (χ0n) is 11.7. The molecule has 4 heteroatoms. The molecule has 3 rings (SSSR count). The highest BCUT2D eigenvalue weighted by Crippen LogP contribution is 2.22. The number of rotatable bonds is 4. The van der Waals surface area contributed by atoms with Crippen molar-refractivity contribution in [3.8, 4) is 0 Å². The highest BCUT2D eigenvalue weighted by molar-refractivity contribution is 6.30. The number of aromatic nitrogens is 1. The van der Waals surface area contributed by atoms with Gasteiger partial charge in [0.15, 0.2) is 0 Å². The lowest BCUT2D eigenvalue weighted by Crippen LogP contribution is -2.05. The minimum absolute atomic E-state index is 0.167. The predicted octanol–water partition coefficient (Wildman–Crippen LogP) is 4.20. The molecule has 0 aliphatic carbocycles. The van der Waals surface area contributed by atoms with Crippen LogP contribution in [0.3, 0.4) is 0 Å². The molecule has 21 heavy (non-hydrogen) atoms. The van der Waals surface area contributed by atoms with Crippen molar-refractivity contribution in [2.24, 2.45) is 0 Å². The monoisotopic (exact) mass is 302 g/mol. The lowest BCUT2D eigenvalue weighted by Gasteiger charge is -2.08. The van der Waals surface area contributed by atoms with Crippen LogP contribution in [0.15, 0.2) is 48.7 Å². The Morgan fingerprint density at radius 1 is 1.19 bits per heavy atom. The van der Waals surface area contributed by atoms with Crippen molar-refractivity contribution in [2.45, 2.75) is 13.1 Å². The third-order valence-electron chi connectivity index (χ3n) is 3.59. The van der Waals surface area contributed by atoms with Gasteiger partial charge in [-0.1, -0.05) is 29.8 Å². The zero-order chi connectivity index (χ0) is 14.8. The maximum absolute atomic E-state index is 14.0. The largest absolute Gasteiger partial charge is 0.343 e. The second-order valence-electron chi connectivity index (χ2n) is 5.08. The van der Waals surface area contributed by atoms with Crippen LogP contribution < -0.4 is 5.32 Å². The van der Waals surface area contributed by atoms with E-state index >= 15 is 0 Å². The summed E-state index contributed by atoms with van der Waals surface area (Å²) in [5.41, 5.74) is 2.92. The number of nitrogens with zero attached hydrogens (tertiary/aromatic N) is 1. The van der Waals surface area contributed by atoms with E-state index in [1.165, 1.54) is 5.56 Å². The van der Waals surface area contributed by atoms with Crippen molar-refractivity contribution in [3.63, 3.8) is 0 Å². The van der Waals surface area contributed by atoms with Gasteiger partial charge in [0, 0.05) is 23.8 Å². The number of hydrogen-bond acceptors (Lipinski definition) is 1. The van der Waals surface area contributed by atoms with Crippen molar-refractivity contribution >= 4 is 22.5 Å². The first-order valence-corrected chi connectivity index (χ1v) is 7.22. The smallest absolute Gasteiger partial charge is 0.146 e. The van der Waals surface area contributed by atoms with Gasteiger partial charge in [0.05, 0.1) is 11.6 Å². The van der Waals surface area contributed by atoms with Crippen molar-refractivity contribution in [2.75, 3.05) is 7.05 Å². The average molecular weight is 303 g/mol. The molecule has 0 bridgehead atoms. The number of benzene rings is 2. The van der Waals surface area contributed by atoms with Gasteiger partial charge in [0.2, 0.25) is 0 Å². The molecule has 0 fully saturated rings. The number of halogens is 2. The summed E-state index contributed by atoms with van der Waals surface area (Å²) >= 11 is 5.84. The van der Waals surface area contributed by atoms with E-state index < -0.39 is 0 Å². The molecule has 108 valence electrons. The second-order valence-corrected chi connectivity index (χ2v) is 5.49. The first-order chi connectivity index (χ1) is 10.2. The maximum atomic E-state index is 14.0. The summed E-state index contributed by atoms with van der Waals surface area (Å²) in [6.07, 6.45) is 1.98. The van der Waals surface area contributed by atoms with Gasteiger partial charge in [0.1, 0.15) is 5.82 Å². The Morgan fingerprint density at radius 2 is 2.05 bits per heavy atom. The summed E-state index contributed by atoms with van der Waals surface area (Å²) in [5, 5.41) is 4.46. The lowest BCUT2D eigenvalue weighted by atomic mass is 10.1. The molecule has 0 radical (unpaired) electrons. The summed E-state index contributed by atoms with van der Waals surface area (Å²) in [6, 6.07) is 13.5. The van der Waals surface area contributed by atoms with Crippen LogP contribution in [0.4, 0.5) is 4.39 Å². The van der Waals surface area contributed by atoms with Crippen LogP contribution in [-0.2, 0) is 13.1 Å². The van der Waals surface area contributed by atoms with E-state index in [-0.39, 0.29) is 10.8 Å². The van der Waals surface area contributed by atoms with E-state index in [4.69, 9.17) is 11.6 Å². The van der Waals surface area contributed by atoms with E-state index in [2.05, 4.69) is 29.6 Å². The normalized spacial score (nSPS) is 11.2. The van der Waals surface area contributed by atoms with Gasteiger partial charge in [-0.25, -0.2) is 4.39 Å². The Kier molecular flexibility index (Phi) is 3.95. The minimum atomic E-state index is -0.340. The fraction of sp³-hybridized carbons (Fsp3) is 0.176. The first-order valence-electron chi connectivity index (χ1n) is 6.84. The molecule has 0 saturated heterocycles. The Labute approximate surface area is 128 Å². The molecule has 1 N–H and O–H groups in total. The van der Waals surface area contributed by atoms with Crippen LogP contribution in [0.1, 0.15) is 11.1 Å². The molecule has 0 amide bonds. The summed E-state index contributed by atoms with van der Waals surface area (Å²) in [6.45, 7) is 1.31.